The van der Waals surface area contributed by atoms with E-state index in [0.29, 0.717) is 24.0 Å². The van der Waals surface area contributed by atoms with Crippen molar-refractivity contribution in [1.82, 2.24) is 25.2 Å². The normalized spacial score (nSPS) is 15.6. The van der Waals surface area contributed by atoms with Crippen molar-refractivity contribution in [2.24, 2.45) is 5.92 Å². The number of benzene rings is 1. The molecule has 0 atom stereocenters. The predicted molar refractivity (Wildman–Crippen MR) is 105 cm³/mol. The van der Waals surface area contributed by atoms with Gasteiger partial charge in [-0.2, -0.15) is 15.0 Å². The second-order valence-electron chi connectivity index (χ2n) is 7.28. The van der Waals surface area contributed by atoms with Gasteiger partial charge in [-0.05, 0) is 37.1 Å². The molecule has 2 aromatic rings. The molecule has 28 heavy (non-hydrogen) atoms. The molecule has 150 valence electrons. The van der Waals surface area contributed by atoms with Crippen LogP contribution in [0.1, 0.15) is 32.5 Å². The van der Waals surface area contributed by atoms with Gasteiger partial charge in [0.15, 0.2) is 0 Å². The quantitative estimate of drug-likeness (QED) is 0.696. The van der Waals surface area contributed by atoms with Crippen molar-refractivity contribution < 1.29 is 9.18 Å². The summed E-state index contributed by atoms with van der Waals surface area (Å²) < 4.78 is 13.0. The number of nitrogens with one attached hydrogen (secondary N) is 2. The Hall–Kier alpha value is -2.81. The number of rotatable bonds is 6. The van der Waals surface area contributed by atoms with E-state index in [1.807, 2.05) is 13.8 Å². The van der Waals surface area contributed by atoms with Crippen LogP contribution in [-0.4, -0.2) is 44.9 Å². The molecular weight excluding hydrogens is 361 g/mol. The Labute approximate surface area is 163 Å². The number of nitrogens with zero attached hydrogens (tertiary/aromatic N) is 4. The Bertz CT molecular complexity index is 804. The highest BCUT2D eigenvalue weighted by Crippen LogP contribution is 2.16. The van der Waals surface area contributed by atoms with Crippen molar-refractivity contribution in [2.75, 3.05) is 24.1 Å². The molecule has 0 bridgehead atoms. The first-order valence-corrected chi connectivity index (χ1v) is 9.45. The average Bonchev–Trinajstić information content (AvgIpc) is 2.64. The molecule has 0 radical (unpaired) electrons. The van der Waals surface area contributed by atoms with Crippen LogP contribution in [0.25, 0.3) is 0 Å². The molecule has 2 heterocycles. The first kappa shape index (κ1) is 19.9. The summed E-state index contributed by atoms with van der Waals surface area (Å²) in [5.74, 6) is 0.816. The van der Waals surface area contributed by atoms with Gasteiger partial charge in [0.2, 0.25) is 17.8 Å². The molecule has 8 nitrogen and oxygen atoms in total. The number of nitrogen functional groups attached to an aromatic ring is 1. The summed E-state index contributed by atoms with van der Waals surface area (Å²) in [7, 11) is 0. The number of carbonyl (C=O) groups excluding carboxylic acids is 1. The van der Waals surface area contributed by atoms with Gasteiger partial charge in [-0.1, -0.05) is 13.8 Å². The third kappa shape index (κ3) is 5.59. The third-order valence-electron chi connectivity index (χ3n) is 4.62. The van der Waals surface area contributed by atoms with Gasteiger partial charge in [0, 0.05) is 30.7 Å². The molecule has 0 saturated carbocycles. The number of anilines is 3. The fraction of sp³-hybridized carbons (Fsp3) is 0.474. The van der Waals surface area contributed by atoms with Crippen LogP contribution in [0.2, 0.25) is 0 Å². The number of carbonyl (C=O) groups is 1. The fourth-order valence-electron chi connectivity index (χ4n) is 3.03. The Kier molecular flexibility index (Phi) is 6.35. The summed E-state index contributed by atoms with van der Waals surface area (Å²) in [6, 6.07) is 6.13. The number of hydrogen-bond donors (Lipinski definition) is 3. The van der Waals surface area contributed by atoms with Gasteiger partial charge >= 0.3 is 0 Å². The molecule has 9 heteroatoms. The molecule has 0 unspecified atom stereocenters. The van der Waals surface area contributed by atoms with Crippen LogP contribution in [0.5, 0.6) is 0 Å². The molecule has 0 spiro atoms. The maximum atomic E-state index is 13.0. The Morgan fingerprint density at radius 1 is 1.21 bits per heavy atom. The van der Waals surface area contributed by atoms with Crippen LogP contribution < -0.4 is 16.4 Å². The van der Waals surface area contributed by atoms with Crippen molar-refractivity contribution >= 4 is 23.5 Å². The van der Waals surface area contributed by atoms with E-state index in [9.17, 15) is 9.18 Å². The van der Waals surface area contributed by atoms with Crippen molar-refractivity contribution in [2.45, 2.75) is 39.3 Å². The monoisotopic (exact) mass is 387 g/mol. The van der Waals surface area contributed by atoms with Gasteiger partial charge in [0.05, 0.1) is 6.54 Å². The van der Waals surface area contributed by atoms with Gasteiger partial charge in [-0.25, -0.2) is 4.39 Å². The van der Waals surface area contributed by atoms with Crippen LogP contribution in [0, 0.1) is 11.7 Å². The molecule has 4 N–H and O–H groups in total. The molecule has 1 aromatic carbocycles. The zero-order valence-electron chi connectivity index (χ0n) is 16.2. The number of aromatic nitrogens is 3. The number of piperidine rings is 1. The van der Waals surface area contributed by atoms with Crippen molar-refractivity contribution in [3.63, 3.8) is 0 Å². The molecule has 1 aromatic heterocycles. The molecule has 1 aliphatic rings. The van der Waals surface area contributed by atoms with Gasteiger partial charge in [0.1, 0.15) is 11.6 Å². The standard InChI is InChI=1S/C19H26FN7O/c1-12(2)17(28)22-15-7-9-27(10-8-15)11-16-24-18(21)26-19(25-16)23-14-5-3-13(20)4-6-14/h3-6,12,15H,7-11H2,1-2H3,(H,22,28)(H3,21,23,24,25,26). The van der Waals surface area contributed by atoms with Gasteiger partial charge in [-0.3, -0.25) is 9.69 Å². The molecule has 1 saturated heterocycles. The largest absolute Gasteiger partial charge is 0.368 e. The van der Waals surface area contributed by atoms with Crippen LogP contribution in [0.15, 0.2) is 24.3 Å². The fourth-order valence-corrected chi connectivity index (χ4v) is 3.03. The lowest BCUT2D eigenvalue weighted by Crippen LogP contribution is -2.45. The van der Waals surface area contributed by atoms with Crippen LogP contribution in [-0.2, 0) is 11.3 Å². The minimum Gasteiger partial charge on any atom is -0.368 e. The summed E-state index contributed by atoms with van der Waals surface area (Å²) in [5, 5.41) is 6.10. The predicted octanol–water partition coefficient (Wildman–Crippen LogP) is 2.07. The highest BCUT2D eigenvalue weighted by molar-refractivity contribution is 5.78. The summed E-state index contributed by atoms with van der Waals surface area (Å²) in [5.41, 5.74) is 6.49. The van der Waals surface area contributed by atoms with Crippen LogP contribution in [0.3, 0.4) is 0 Å². The Balaban J connectivity index is 1.57. The number of likely N-dealkylation sites (tertiary alicyclic amines) is 1. The van der Waals surface area contributed by atoms with E-state index in [4.69, 9.17) is 5.73 Å². The van der Waals surface area contributed by atoms with Crippen molar-refractivity contribution in [3.05, 3.63) is 35.9 Å². The SMILES string of the molecule is CC(C)C(=O)NC1CCN(Cc2nc(N)nc(Nc3ccc(F)cc3)n2)CC1. The van der Waals surface area contributed by atoms with Gasteiger partial charge in [-0.15, -0.1) is 0 Å². The second kappa shape index (κ2) is 8.92. The average molecular weight is 387 g/mol. The van der Waals surface area contributed by atoms with E-state index in [-0.39, 0.29) is 29.6 Å². The van der Waals surface area contributed by atoms with Gasteiger partial charge in [0.25, 0.3) is 0 Å². The van der Waals surface area contributed by atoms with Crippen molar-refractivity contribution in [3.8, 4) is 0 Å². The third-order valence-corrected chi connectivity index (χ3v) is 4.62. The second-order valence-corrected chi connectivity index (χ2v) is 7.28. The number of halogens is 1. The van der Waals surface area contributed by atoms with E-state index in [0.717, 1.165) is 25.9 Å². The van der Waals surface area contributed by atoms with Gasteiger partial charge < -0.3 is 16.4 Å². The minimum absolute atomic E-state index is 0.00162. The topological polar surface area (TPSA) is 109 Å². The smallest absolute Gasteiger partial charge is 0.232 e. The van der Waals surface area contributed by atoms with Crippen LogP contribution in [0.4, 0.5) is 22.0 Å². The lowest BCUT2D eigenvalue weighted by atomic mass is 10.0. The summed E-state index contributed by atoms with van der Waals surface area (Å²) >= 11 is 0. The lowest BCUT2D eigenvalue weighted by molar-refractivity contribution is -0.125. The lowest BCUT2D eigenvalue weighted by Gasteiger charge is -2.32. The first-order valence-electron chi connectivity index (χ1n) is 9.45. The van der Waals surface area contributed by atoms with E-state index in [1.54, 1.807) is 12.1 Å². The van der Waals surface area contributed by atoms with E-state index in [1.165, 1.54) is 12.1 Å². The zero-order valence-corrected chi connectivity index (χ0v) is 16.2. The molecule has 1 aliphatic heterocycles. The number of hydrogen-bond acceptors (Lipinski definition) is 7. The van der Waals surface area contributed by atoms with E-state index >= 15 is 0 Å². The van der Waals surface area contributed by atoms with E-state index in [2.05, 4.69) is 30.5 Å². The first-order chi connectivity index (χ1) is 13.4. The maximum Gasteiger partial charge on any atom is 0.232 e. The number of nitrogens with two attached hydrogens (primary N) is 1. The Morgan fingerprint density at radius 3 is 2.54 bits per heavy atom. The maximum absolute atomic E-state index is 13.0. The number of amides is 1. The minimum atomic E-state index is -0.311. The molecular formula is C19H26FN7O. The summed E-state index contributed by atoms with van der Waals surface area (Å²) in [4.78, 5) is 26.8. The summed E-state index contributed by atoms with van der Waals surface area (Å²) in [6.45, 7) is 6.03. The van der Waals surface area contributed by atoms with Crippen molar-refractivity contribution in [1.29, 1.82) is 0 Å². The molecule has 1 amide bonds. The highest BCUT2D eigenvalue weighted by Gasteiger charge is 2.22. The Morgan fingerprint density at radius 2 is 1.89 bits per heavy atom. The summed E-state index contributed by atoms with van der Waals surface area (Å²) in [6.07, 6.45) is 1.78. The molecule has 3 rings (SSSR count). The van der Waals surface area contributed by atoms with E-state index < -0.39 is 0 Å². The highest BCUT2D eigenvalue weighted by atomic mass is 19.1. The molecule has 0 aliphatic carbocycles. The zero-order chi connectivity index (χ0) is 20.1. The van der Waals surface area contributed by atoms with Crippen LogP contribution >= 0.6 is 0 Å². The molecule has 1 fully saturated rings.